The van der Waals surface area contributed by atoms with E-state index in [1.165, 1.54) is 12.8 Å². The lowest BCUT2D eigenvalue weighted by molar-refractivity contribution is 0.0939. The summed E-state index contributed by atoms with van der Waals surface area (Å²) in [5.41, 5.74) is 1.35. The molecule has 0 radical (unpaired) electrons. The third-order valence-electron chi connectivity index (χ3n) is 3.56. The topological polar surface area (TPSA) is 64.1 Å². The number of carbonyl (C=O) groups excluding carboxylic acids is 1. The number of hydrogen-bond acceptors (Lipinski definition) is 4. The van der Waals surface area contributed by atoms with Crippen LogP contribution in [0.1, 0.15) is 48.8 Å². The number of aryl methyl sites for hydroxylation is 1. The average Bonchev–Trinajstić information content (AvgIpc) is 2.99. The first-order chi connectivity index (χ1) is 9.79. The quantitative estimate of drug-likeness (QED) is 0.774. The summed E-state index contributed by atoms with van der Waals surface area (Å²) in [5.74, 6) is 0.282. The minimum atomic E-state index is -0.149. The molecule has 0 spiro atoms. The average molecular weight is 277 g/mol. The molecule has 0 aromatic carbocycles. The van der Waals surface area contributed by atoms with Crippen LogP contribution in [0.5, 0.6) is 0 Å². The molecule has 110 valence electrons. The van der Waals surface area contributed by atoms with Crippen molar-refractivity contribution in [3.63, 3.8) is 0 Å². The normalized spacial score (nSPS) is 18.1. The minimum absolute atomic E-state index is 0.149. The van der Waals surface area contributed by atoms with E-state index in [-0.39, 0.29) is 5.91 Å². The summed E-state index contributed by atoms with van der Waals surface area (Å²) < 4.78 is 5.28. The van der Waals surface area contributed by atoms with Crippen molar-refractivity contribution in [2.24, 2.45) is 5.92 Å². The van der Waals surface area contributed by atoms with Crippen LogP contribution in [0.2, 0.25) is 0 Å². The molecule has 0 bridgehead atoms. The Morgan fingerprint density at radius 3 is 2.95 bits per heavy atom. The van der Waals surface area contributed by atoms with Gasteiger partial charge in [-0.15, -0.1) is 5.10 Å². The molecule has 1 atom stereocenters. The van der Waals surface area contributed by atoms with Crippen molar-refractivity contribution in [3.05, 3.63) is 23.5 Å². The van der Waals surface area contributed by atoms with Gasteiger partial charge in [-0.3, -0.25) is 4.79 Å². The fraction of sp³-hybridized carbons (Fsp3) is 0.667. The molecule has 1 saturated heterocycles. The van der Waals surface area contributed by atoms with Crippen molar-refractivity contribution in [2.75, 3.05) is 19.8 Å². The number of unbranched alkanes of at least 4 members (excludes halogenated alkanes) is 2. The van der Waals surface area contributed by atoms with Gasteiger partial charge in [0.1, 0.15) is 0 Å². The van der Waals surface area contributed by atoms with Crippen molar-refractivity contribution < 1.29 is 9.53 Å². The zero-order valence-corrected chi connectivity index (χ0v) is 12.1. The summed E-state index contributed by atoms with van der Waals surface area (Å²) in [7, 11) is 0. The third-order valence-corrected chi connectivity index (χ3v) is 3.56. The SMILES string of the molecule is CCCCCc1ccc(C(=O)NCC2CCOC2)nn1. The Morgan fingerprint density at radius 1 is 1.40 bits per heavy atom. The Morgan fingerprint density at radius 2 is 2.30 bits per heavy atom. The van der Waals surface area contributed by atoms with E-state index in [0.717, 1.165) is 38.2 Å². The van der Waals surface area contributed by atoms with E-state index in [9.17, 15) is 4.79 Å². The highest BCUT2D eigenvalue weighted by atomic mass is 16.5. The fourth-order valence-electron chi connectivity index (χ4n) is 2.24. The summed E-state index contributed by atoms with van der Waals surface area (Å²) in [6.07, 6.45) is 5.47. The highest BCUT2D eigenvalue weighted by Crippen LogP contribution is 2.11. The molecule has 2 heterocycles. The summed E-state index contributed by atoms with van der Waals surface area (Å²) in [4.78, 5) is 11.9. The molecule has 1 aliphatic heterocycles. The number of amides is 1. The van der Waals surface area contributed by atoms with Gasteiger partial charge in [0.05, 0.1) is 12.3 Å². The van der Waals surface area contributed by atoms with Gasteiger partial charge in [-0.1, -0.05) is 19.8 Å². The second-order valence-corrected chi connectivity index (χ2v) is 5.31. The van der Waals surface area contributed by atoms with E-state index in [1.54, 1.807) is 6.07 Å². The molecule has 1 amide bonds. The molecule has 2 rings (SSSR count). The molecule has 1 aromatic rings. The zero-order chi connectivity index (χ0) is 14.2. The van der Waals surface area contributed by atoms with Crippen molar-refractivity contribution >= 4 is 5.91 Å². The van der Waals surface area contributed by atoms with Gasteiger partial charge in [0.15, 0.2) is 5.69 Å². The lowest BCUT2D eigenvalue weighted by Gasteiger charge is -2.08. The molecule has 20 heavy (non-hydrogen) atoms. The Balaban J connectivity index is 1.77. The van der Waals surface area contributed by atoms with Crippen molar-refractivity contribution in [1.29, 1.82) is 0 Å². The summed E-state index contributed by atoms with van der Waals surface area (Å²) in [6, 6.07) is 3.66. The first-order valence-corrected chi connectivity index (χ1v) is 7.48. The number of ether oxygens (including phenoxy) is 1. The van der Waals surface area contributed by atoms with Gasteiger partial charge < -0.3 is 10.1 Å². The van der Waals surface area contributed by atoms with Crippen molar-refractivity contribution in [3.8, 4) is 0 Å². The van der Waals surface area contributed by atoms with Gasteiger partial charge in [0, 0.05) is 19.1 Å². The minimum Gasteiger partial charge on any atom is -0.381 e. The standard InChI is InChI=1S/C15H23N3O2/c1-2-3-4-5-13-6-7-14(18-17-13)15(19)16-10-12-8-9-20-11-12/h6-7,12H,2-5,8-11H2,1H3,(H,16,19). The molecule has 5 heteroatoms. The van der Waals surface area contributed by atoms with Crippen LogP contribution in [-0.2, 0) is 11.2 Å². The molecular formula is C15H23N3O2. The first kappa shape index (κ1) is 14.9. The second kappa shape index (κ2) is 7.94. The van der Waals surface area contributed by atoms with E-state index in [1.807, 2.05) is 6.07 Å². The molecular weight excluding hydrogens is 254 g/mol. The monoisotopic (exact) mass is 277 g/mol. The van der Waals surface area contributed by atoms with Crippen LogP contribution in [-0.4, -0.2) is 35.9 Å². The lowest BCUT2D eigenvalue weighted by Crippen LogP contribution is -2.30. The maximum absolute atomic E-state index is 11.9. The molecule has 0 aliphatic carbocycles. The molecule has 5 nitrogen and oxygen atoms in total. The highest BCUT2D eigenvalue weighted by molar-refractivity contribution is 5.91. The number of rotatable bonds is 7. The predicted molar refractivity (Wildman–Crippen MR) is 76.5 cm³/mol. The molecule has 1 fully saturated rings. The molecule has 1 unspecified atom stereocenters. The van der Waals surface area contributed by atoms with E-state index in [2.05, 4.69) is 22.4 Å². The van der Waals surface area contributed by atoms with Crippen LogP contribution >= 0.6 is 0 Å². The van der Waals surface area contributed by atoms with Gasteiger partial charge in [-0.25, -0.2) is 0 Å². The van der Waals surface area contributed by atoms with Crippen LogP contribution in [0.15, 0.2) is 12.1 Å². The third kappa shape index (κ3) is 4.56. The molecule has 1 aliphatic rings. The van der Waals surface area contributed by atoms with Crippen LogP contribution in [0.3, 0.4) is 0 Å². The largest absolute Gasteiger partial charge is 0.381 e. The van der Waals surface area contributed by atoms with E-state index in [0.29, 0.717) is 18.2 Å². The number of nitrogens with zero attached hydrogens (tertiary/aromatic N) is 2. The van der Waals surface area contributed by atoms with Crippen molar-refractivity contribution in [2.45, 2.75) is 39.0 Å². The maximum atomic E-state index is 11.9. The van der Waals surface area contributed by atoms with Crippen LogP contribution < -0.4 is 5.32 Å². The number of aromatic nitrogens is 2. The van der Waals surface area contributed by atoms with E-state index < -0.39 is 0 Å². The second-order valence-electron chi connectivity index (χ2n) is 5.31. The first-order valence-electron chi connectivity index (χ1n) is 7.48. The Kier molecular flexibility index (Phi) is 5.92. The summed E-state index contributed by atoms with van der Waals surface area (Å²) in [6.45, 7) is 4.36. The van der Waals surface area contributed by atoms with Crippen LogP contribution in [0.25, 0.3) is 0 Å². The van der Waals surface area contributed by atoms with E-state index >= 15 is 0 Å². The van der Waals surface area contributed by atoms with Gasteiger partial charge in [0.25, 0.3) is 5.91 Å². The van der Waals surface area contributed by atoms with E-state index in [4.69, 9.17) is 4.74 Å². The van der Waals surface area contributed by atoms with Gasteiger partial charge in [-0.2, -0.15) is 5.10 Å². The maximum Gasteiger partial charge on any atom is 0.271 e. The number of carbonyl (C=O) groups is 1. The van der Waals surface area contributed by atoms with Gasteiger partial charge >= 0.3 is 0 Å². The lowest BCUT2D eigenvalue weighted by atomic mass is 10.1. The molecule has 1 N–H and O–H groups in total. The Hall–Kier alpha value is -1.49. The zero-order valence-electron chi connectivity index (χ0n) is 12.1. The van der Waals surface area contributed by atoms with Crippen molar-refractivity contribution in [1.82, 2.24) is 15.5 Å². The summed E-state index contributed by atoms with van der Waals surface area (Å²) in [5, 5.41) is 11.0. The molecule has 1 aromatic heterocycles. The van der Waals surface area contributed by atoms with Gasteiger partial charge in [-0.05, 0) is 31.4 Å². The molecule has 0 saturated carbocycles. The highest BCUT2D eigenvalue weighted by Gasteiger charge is 2.17. The van der Waals surface area contributed by atoms with Crippen LogP contribution in [0.4, 0.5) is 0 Å². The Labute approximate surface area is 120 Å². The fourth-order valence-corrected chi connectivity index (χ4v) is 2.24. The van der Waals surface area contributed by atoms with Gasteiger partial charge in [0.2, 0.25) is 0 Å². The number of hydrogen-bond donors (Lipinski definition) is 1. The van der Waals surface area contributed by atoms with Crippen LogP contribution in [0, 0.1) is 5.92 Å². The smallest absolute Gasteiger partial charge is 0.271 e. The predicted octanol–water partition coefficient (Wildman–Crippen LogP) is 1.98. The number of nitrogens with one attached hydrogen (secondary N) is 1. The Bertz CT molecular complexity index is 414. The summed E-state index contributed by atoms with van der Waals surface area (Å²) >= 11 is 0.